The van der Waals surface area contributed by atoms with Gasteiger partial charge >= 0.3 is 0 Å². The number of fused-ring (bicyclic) bond motifs is 10. The SMILES string of the molecule is c1ccc(-c2cc(-c3cc(-c4ccccc4)nc(-c4ccccc4)n3)cc(-n3c4cc5ccccc5cc4c4cc5c6cccc7c8ccccc8n(c5cc43)c76)c2)cc1. The highest BCUT2D eigenvalue weighted by Gasteiger charge is 2.22. The van der Waals surface area contributed by atoms with Gasteiger partial charge in [-0.1, -0.05) is 152 Å². The Morgan fingerprint density at radius 1 is 0.300 bits per heavy atom. The van der Waals surface area contributed by atoms with Crippen LogP contribution in [-0.2, 0) is 0 Å². The Balaban J connectivity index is 1.15. The minimum Gasteiger partial charge on any atom is -0.309 e. The summed E-state index contributed by atoms with van der Waals surface area (Å²) in [5, 5.41) is 10.0. The van der Waals surface area contributed by atoms with Crippen molar-refractivity contribution < 1.29 is 0 Å². The normalized spacial score (nSPS) is 12.0. The van der Waals surface area contributed by atoms with Crippen LogP contribution in [0.5, 0.6) is 0 Å². The predicted molar refractivity (Wildman–Crippen MR) is 250 cm³/mol. The quantitative estimate of drug-likeness (QED) is 0.175. The van der Waals surface area contributed by atoms with Crippen molar-refractivity contribution in [3.8, 4) is 50.7 Å². The van der Waals surface area contributed by atoms with Gasteiger partial charge in [0.1, 0.15) is 0 Å². The molecule has 4 heteroatoms. The van der Waals surface area contributed by atoms with E-state index in [1.54, 1.807) is 0 Å². The zero-order valence-corrected chi connectivity index (χ0v) is 32.4. The lowest BCUT2D eigenvalue weighted by Crippen LogP contribution is -1.99. The zero-order chi connectivity index (χ0) is 39.3. The van der Waals surface area contributed by atoms with Crippen molar-refractivity contribution in [1.29, 1.82) is 0 Å². The first kappa shape index (κ1) is 32.9. The average Bonchev–Trinajstić information content (AvgIpc) is 3.95. The Morgan fingerprint density at radius 2 is 0.850 bits per heavy atom. The van der Waals surface area contributed by atoms with Crippen molar-refractivity contribution in [2.24, 2.45) is 0 Å². The molecule has 4 aromatic heterocycles. The molecule has 0 aliphatic heterocycles. The average molecular weight is 763 g/mol. The molecule has 0 atom stereocenters. The Morgan fingerprint density at radius 3 is 1.62 bits per heavy atom. The van der Waals surface area contributed by atoms with Crippen LogP contribution in [0.1, 0.15) is 0 Å². The van der Waals surface area contributed by atoms with Gasteiger partial charge in [0, 0.05) is 54.7 Å². The van der Waals surface area contributed by atoms with Crippen LogP contribution in [0.4, 0.5) is 0 Å². The Bertz CT molecular complexity index is 3750. The first-order valence-corrected chi connectivity index (χ1v) is 20.5. The van der Waals surface area contributed by atoms with Crippen LogP contribution in [0.3, 0.4) is 0 Å². The molecular formula is C56H34N4. The summed E-state index contributed by atoms with van der Waals surface area (Å²) in [6.07, 6.45) is 0. The number of para-hydroxylation sites is 2. The minimum atomic E-state index is 0.697. The number of rotatable bonds is 5. The van der Waals surface area contributed by atoms with Crippen LogP contribution in [-0.4, -0.2) is 18.9 Å². The monoisotopic (exact) mass is 762 g/mol. The van der Waals surface area contributed by atoms with Crippen LogP contribution >= 0.6 is 0 Å². The van der Waals surface area contributed by atoms with Gasteiger partial charge in [0.15, 0.2) is 5.82 Å². The second-order valence-corrected chi connectivity index (χ2v) is 15.8. The molecule has 0 bridgehead atoms. The molecular weight excluding hydrogens is 729 g/mol. The molecule has 9 aromatic carbocycles. The van der Waals surface area contributed by atoms with Gasteiger partial charge in [0.2, 0.25) is 0 Å². The maximum Gasteiger partial charge on any atom is 0.160 e. The second kappa shape index (κ2) is 12.7. The third-order valence-electron chi connectivity index (χ3n) is 12.4. The predicted octanol–water partition coefficient (Wildman–Crippen LogP) is 14.5. The summed E-state index contributed by atoms with van der Waals surface area (Å²) < 4.78 is 4.97. The Hall–Kier alpha value is -8.08. The summed E-state index contributed by atoms with van der Waals surface area (Å²) in [5.74, 6) is 0.697. The first-order chi connectivity index (χ1) is 29.7. The van der Waals surface area contributed by atoms with Gasteiger partial charge in [-0.05, 0) is 76.5 Å². The van der Waals surface area contributed by atoms with Gasteiger partial charge in [-0.2, -0.15) is 0 Å². The summed E-state index contributed by atoms with van der Waals surface area (Å²) in [6.45, 7) is 0. The van der Waals surface area contributed by atoms with Gasteiger partial charge in [0.05, 0.1) is 39.0 Å². The topological polar surface area (TPSA) is 35.1 Å². The lowest BCUT2D eigenvalue weighted by atomic mass is 9.99. The van der Waals surface area contributed by atoms with E-state index in [9.17, 15) is 0 Å². The van der Waals surface area contributed by atoms with Crippen LogP contribution in [0.15, 0.2) is 206 Å². The van der Waals surface area contributed by atoms with E-state index in [2.05, 4.69) is 191 Å². The summed E-state index contributed by atoms with van der Waals surface area (Å²) in [6, 6.07) is 74.4. The van der Waals surface area contributed by atoms with E-state index < -0.39 is 0 Å². The number of benzene rings is 9. The highest BCUT2D eigenvalue weighted by molar-refractivity contribution is 6.26. The van der Waals surface area contributed by atoms with Gasteiger partial charge in [-0.3, -0.25) is 0 Å². The molecule has 0 aliphatic rings. The van der Waals surface area contributed by atoms with Crippen molar-refractivity contribution in [1.82, 2.24) is 18.9 Å². The van der Waals surface area contributed by atoms with Gasteiger partial charge in [0.25, 0.3) is 0 Å². The molecule has 0 spiro atoms. The summed E-state index contributed by atoms with van der Waals surface area (Å²) in [4.78, 5) is 10.4. The fourth-order valence-electron chi connectivity index (χ4n) is 9.66. The van der Waals surface area contributed by atoms with E-state index in [0.717, 1.165) is 55.9 Å². The molecule has 0 unspecified atom stereocenters. The van der Waals surface area contributed by atoms with Gasteiger partial charge in [-0.25, -0.2) is 9.97 Å². The smallest absolute Gasteiger partial charge is 0.160 e. The summed E-state index contributed by atoms with van der Waals surface area (Å²) in [7, 11) is 0. The zero-order valence-electron chi connectivity index (χ0n) is 32.4. The standard InChI is InChI=1S/C56H34N4/c1-4-15-35(16-5-1)40-27-41(50-33-49(36-17-6-2-7-18-36)57-56(58-50)37-19-8-3-9-20-37)29-42(28-40)59-52-31-39-22-11-10-21-38(39)30-46(52)48-32-47-45-25-14-24-44-43-23-12-13-26-51(43)60(55(44)45)54(47)34-53(48)59/h1-34H. The second-order valence-electron chi connectivity index (χ2n) is 15.8. The van der Waals surface area contributed by atoms with Crippen LogP contribution in [0, 0.1) is 0 Å². The van der Waals surface area contributed by atoms with Gasteiger partial charge < -0.3 is 8.97 Å². The molecule has 278 valence electrons. The molecule has 0 fully saturated rings. The largest absolute Gasteiger partial charge is 0.309 e. The molecule has 0 saturated carbocycles. The molecule has 60 heavy (non-hydrogen) atoms. The van der Waals surface area contributed by atoms with Crippen molar-refractivity contribution in [2.45, 2.75) is 0 Å². The Kier molecular flexibility index (Phi) is 6.98. The van der Waals surface area contributed by atoms with E-state index in [0.29, 0.717) is 5.82 Å². The fourth-order valence-corrected chi connectivity index (χ4v) is 9.66. The van der Waals surface area contributed by atoms with Crippen molar-refractivity contribution in [3.63, 3.8) is 0 Å². The molecule has 0 aliphatic carbocycles. The molecule has 0 radical (unpaired) electrons. The molecule has 13 aromatic rings. The minimum absolute atomic E-state index is 0.697. The van der Waals surface area contributed by atoms with E-state index in [-0.39, 0.29) is 0 Å². The molecule has 4 heterocycles. The maximum atomic E-state index is 5.31. The van der Waals surface area contributed by atoms with Crippen LogP contribution in [0.2, 0.25) is 0 Å². The molecule has 13 rings (SSSR count). The lowest BCUT2D eigenvalue weighted by molar-refractivity contribution is 1.17. The van der Waals surface area contributed by atoms with Crippen LogP contribution in [0.25, 0.3) is 121 Å². The van der Waals surface area contributed by atoms with E-state index >= 15 is 0 Å². The Labute approximate surface area is 345 Å². The summed E-state index contributed by atoms with van der Waals surface area (Å²) >= 11 is 0. The van der Waals surface area contributed by atoms with Crippen molar-refractivity contribution in [2.75, 3.05) is 0 Å². The molecule has 0 N–H and O–H groups in total. The molecule has 4 nitrogen and oxygen atoms in total. The van der Waals surface area contributed by atoms with E-state index in [4.69, 9.17) is 9.97 Å². The number of hydrogen-bond donors (Lipinski definition) is 0. The molecule has 0 saturated heterocycles. The van der Waals surface area contributed by atoms with E-state index in [1.807, 2.05) is 24.3 Å². The van der Waals surface area contributed by atoms with Crippen molar-refractivity contribution >= 4 is 70.7 Å². The highest BCUT2D eigenvalue weighted by Crippen LogP contribution is 2.44. The number of aromatic nitrogens is 4. The van der Waals surface area contributed by atoms with E-state index in [1.165, 1.54) is 59.6 Å². The van der Waals surface area contributed by atoms with Crippen molar-refractivity contribution in [3.05, 3.63) is 206 Å². The first-order valence-electron chi connectivity index (χ1n) is 20.5. The summed E-state index contributed by atoms with van der Waals surface area (Å²) in [5.41, 5.74) is 14.2. The van der Waals surface area contributed by atoms with Gasteiger partial charge in [-0.15, -0.1) is 0 Å². The number of hydrogen-bond acceptors (Lipinski definition) is 2. The van der Waals surface area contributed by atoms with Crippen LogP contribution < -0.4 is 0 Å². The highest BCUT2D eigenvalue weighted by atomic mass is 15.0. The maximum absolute atomic E-state index is 5.31. The third-order valence-corrected chi connectivity index (χ3v) is 12.4. The third kappa shape index (κ3) is 4.91. The fraction of sp³-hybridized carbons (Fsp3) is 0. The number of nitrogens with zero attached hydrogens (tertiary/aromatic N) is 4. The molecule has 0 amide bonds. The lowest BCUT2D eigenvalue weighted by Gasteiger charge is -2.15.